The summed E-state index contributed by atoms with van der Waals surface area (Å²) in [7, 11) is -3.16. The van der Waals surface area contributed by atoms with Gasteiger partial charge in [-0.25, -0.2) is 4.39 Å². The van der Waals surface area contributed by atoms with Gasteiger partial charge in [-0.15, -0.1) is 0 Å². The lowest BCUT2D eigenvalue weighted by Crippen LogP contribution is -1.99. The lowest BCUT2D eigenvalue weighted by molar-refractivity contribution is 0.219. The van der Waals surface area contributed by atoms with Crippen LogP contribution in [0.25, 0.3) is 0 Å². The fourth-order valence-electron chi connectivity index (χ4n) is 1.38. The fourth-order valence-corrected chi connectivity index (χ4v) is 3.32. The zero-order valence-electron chi connectivity index (χ0n) is 9.78. The summed E-state index contributed by atoms with van der Waals surface area (Å²) in [5.74, 6) is -0.387. The molecule has 0 saturated heterocycles. The molecule has 1 aromatic carbocycles. The van der Waals surface area contributed by atoms with Crippen LogP contribution in [0.1, 0.15) is 19.4 Å². The molecule has 1 rings (SSSR count). The van der Waals surface area contributed by atoms with E-state index in [4.69, 9.17) is 9.05 Å². The maximum absolute atomic E-state index is 13.3. The third-order valence-electron chi connectivity index (χ3n) is 2.01. The Balaban J connectivity index is 2.86. The van der Waals surface area contributed by atoms with Gasteiger partial charge in [-0.3, -0.25) is 4.57 Å². The first kappa shape index (κ1) is 14.8. The molecule has 0 saturated carbocycles. The van der Waals surface area contributed by atoms with E-state index in [-0.39, 0.29) is 12.0 Å². The van der Waals surface area contributed by atoms with Gasteiger partial charge in [-0.2, -0.15) is 0 Å². The van der Waals surface area contributed by atoms with Crippen molar-refractivity contribution < 1.29 is 18.0 Å². The molecule has 0 unspecified atom stereocenters. The van der Waals surface area contributed by atoms with Gasteiger partial charge in [-0.1, -0.05) is 6.07 Å². The Morgan fingerprint density at radius 1 is 1.29 bits per heavy atom. The van der Waals surface area contributed by atoms with Gasteiger partial charge in [-0.05, 0) is 47.5 Å². The maximum Gasteiger partial charge on any atom is 0.335 e. The van der Waals surface area contributed by atoms with Gasteiger partial charge in [0.1, 0.15) is 5.82 Å². The molecule has 0 N–H and O–H groups in total. The lowest BCUT2D eigenvalue weighted by Gasteiger charge is -2.17. The first-order valence-corrected chi connectivity index (χ1v) is 7.85. The predicted octanol–water partition coefficient (Wildman–Crippen LogP) is 4.35. The van der Waals surface area contributed by atoms with Gasteiger partial charge in [0.05, 0.1) is 23.8 Å². The van der Waals surface area contributed by atoms with Crippen LogP contribution in [0.4, 0.5) is 4.39 Å². The van der Waals surface area contributed by atoms with Gasteiger partial charge in [0, 0.05) is 0 Å². The summed E-state index contributed by atoms with van der Waals surface area (Å²) in [5, 5.41) is 0. The van der Waals surface area contributed by atoms with E-state index < -0.39 is 7.60 Å². The lowest BCUT2D eigenvalue weighted by atomic mass is 10.2. The minimum Gasteiger partial charge on any atom is -0.309 e. The number of hydrogen-bond donors (Lipinski definition) is 0. The molecule has 0 radical (unpaired) electrons. The number of halogens is 2. The minimum atomic E-state index is -3.16. The molecule has 3 nitrogen and oxygen atoms in total. The molecule has 0 aliphatic rings. The number of benzene rings is 1. The van der Waals surface area contributed by atoms with Crippen LogP contribution in [-0.4, -0.2) is 13.2 Å². The average Bonchev–Trinajstić information content (AvgIpc) is 2.24. The van der Waals surface area contributed by atoms with Crippen molar-refractivity contribution in [3.63, 3.8) is 0 Å². The summed E-state index contributed by atoms with van der Waals surface area (Å²) in [6, 6.07) is 4.60. The summed E-state index contributed by atoms with van der Waals surface area (Å²) in [6.45, 7) is 4.09. The molecule has 0 heterocycles. The number of rotatable bonds is 6. The molecule has 0 bridgehead atoms. The zero-order chi connectivity index (χ0) is 12.9. The van der Waals surface area contributed by atoms with Gasteiger partial charge in [0.2, 0.25) is 0 Å². The van der Waals surface area contributed by atoms with E-state index in [0.29, 0.717) is 23.2 Å². The van der Waals surface area contributed by atoms with E-state index in [0.717, 1.165) is 0 Å². The van der Waals surface area contributed by atoms with Crippen LogP contribution in [0.3, 0.4) is 0 Å². The van der Waals surface area contributed by atoms with Crippen LogP contribution in [0.5, 0.6) is 0 Å². The van der Waals surface area contributed by atoms with E-state index in [9.17, 15) is 8.96 Å². The molecule has 0 spiro atoms. The topological polar surface area (TPSA) is 35.5 Å². The van der Waals surface area contributed by atoms with Crippen molar-refractivity contribution in [1.29, 1.82) is 0 Å². The molecule has 1 aromatic rings. The Kier molecular flexibility index (Phi) is 5.80. The summed E-state index contributed by atoms with van der Waals surface area (Å²) in [4.78, 5) is 0. The van der Waals surface area contributed by atoms with Crippen LogP contribution >= 0.6 is 23.5 Å². The van der Waals surface area contributed by atoms with Gasteiger partial charge < -0.3 is 9.05 Å². The van der Waals surface area contributed by atoms with Crippen molar-refractivity contribution in [3.8, 4) is 0 Å². The molecule has 0 aromatic heterocycles. The largest absolute Gasteiger partial charge is 0.335 e. The van der Waals surface area contributed by atoms with Gasteiger partial charge in [0.25, 0.3) is 0 Å². The summed E-state index contributed by atoms with van der Waals surface area (Å²) < 4.78 is 36.2. The molecule has 0 atom stereocenters. The van der Waals surface area contributed by atoms with Gasteiger partial charge >= 0.3 is 7.60 Å². The zero-order valence-corrected chi connectivity index (χ0v) is 12.3. The second-order valence-corrected chi connectivity index (χ2v) is 6.26. The summed E-state index contributed by atoms with van der Waals surface area (Å²) in [6.07, 6.45) is 0.0822. The van der Waals surface area contributed by atoms with E-state index in [2.05, 4.69) is 15.9 Å². The quantitative estimate of drug-likeness (QED) is 0.729. The Bertz CT molecular complexity index is 415. The van der Waals surface area contributed by atoms with Crippen LogP contribution in [0.15, 0.2) is 22.7 Å². The van der Waals surface area contributed by atoms with Crippen LogP contribution in [-0.2, 0) is 19.8 Å². The third-order valence-corrected chi connectivity index (χ3v) is 4.71. The number of hydrogen-bond acceptors (Lipinski definition) is 3. The first-order valence-electron chi connectivity index (χ1n) is 5.33. The highest BCUT2D eigenvalue weighted by molar-refractivity contribution is 9.10. The molecule has 0 aliphatic heterocycles. The molecule has 96 valence electrons. The van der Waals surface area contributed by atoms with E-state index >= 15 is 0 Å². The van der Waals surface area contributed by atoms with E-state index in [1.54, 1.807) is 26.0 Å². The second-order valence-electron chi connectivity index (χ2n) is 3.35. The van der Waals surface area contributed by atoms with Crippen molar-refractivity contribution in [1.82, 2.24) is 0 Å². The molecule has 0 aliphatic carbocycles. The Hall–Kier alpha value is -0.220. The smallest absolute Gasteiger partial charge is 0.309 e. The second kappa shape index (κ2) is 6.64. The average molecular weight is 325 g/mol. The predicted molar refractivity (Wildman–Crippen MR) is 68.7 cm³/mol. The minimum absolute atomic E-state index is 0.0822. The van der Waals surface area contributed by atoms with E-state index in [1.807, 2.05) is 0 Å². The maximum atomic E-state index is 13.3. The van der Waals surface area contributed by atoms with Crippen molar-refractivity contribution in [3.05, 3.63) is 34.1 Å². The third kappa shape index (κ3) is 4.51. The first-order chi connectivity index (χ1) is 8.00. The standard InChI is InChI=1S/C11H15BrFO3P/c1-3-15-17(14,16-4-2)8-9-5-6-10(12)11(13)7-9/h5-7H,3-4,8H2,1-2H3. The molecule has 0 amide bonds. The highest BCUT2D eigenvalue weighted by atomic mass is 79.9. The van der Waals surface area contributed by atoms with Crippen molar-refractivity contribution >= 4 is 23.5 Å². The van der Waals surface area contributed by atoms with Crippen molar-refractivity contribution in [2.75, 3.05) is 13.2 Å². The molecule has 6 heteroatoms. The van der Waals surface area contributed by atoms with E-state index in [1.165, 1.54) is 6.07 Å². The highest BCUT2D eigenvalue weighted by Crippen LogP contribution is 2.51. The van der Waals surface area contributed by atoms with Crippen LogP contribution in [0.2, 0.25) is 0 Å². The van der Waals surface area contributed by atoms with Gasteiger partial charge in [0.15, 0.2) is 0 Å². The van der Waals surface area contributed by atoms with Crippen molar-refractivity contribution in [2.24, 2.45) is 0 Å². The normalized spacial score (nSPS) is 11.8. The van der Waals surface area contributed by atoms with Crippen LogP contribution in [0, 0.1) is 5.82 Å². The Morgan fingerprint density at radius 2 is 1.88 bits per heavy atom. The molecular formula is C11H15BrFO3P. The fraction of sp³-hybridized carbons (Fsp3) is 0.455. The Labute approximate surface area is 109 Å². The monoisotopic (exact) mass is 324 g/mol. The summed E-state index contributed by atoms with van der Waals surface area (Å²) in [5.41, 5.74) is 0.593. The van der Waals surface area contributed by atoms with Crippen molar-refractivity contribution in [2.45, 2.75) is 20.0 Å². The molecule has 0 fully saturated rings. The molecule has 17 heavy (non-hydrogen) atoms. The highest BCUT2D eigenvalue weighted by Gasteiger charge is 2.24. The SMILES string of the molecule is CCOP(=O)(Cc1ccc(Br)c(F)c1)OCC. The summed E-state index contributed by atoms with van der Waals surface area (Å²) >= 11 is 3.06. The molecular weight excluding hydrogens is 310 g/mol. The van der Waals surface area contributed by atoms with Crippen LogP contribution < -0.4 is 0 Å². The Morgan fingerprint density at radius 3 is 2.35 bits per heavy atom.